The van der Waals surface area contributed by atoms with Crippen LogP contribution in [0.5, 0.6) is 5.75 Å². The summed E-state index contributed by atoms with van der Waals surface area (Å²) in [5, 5.41) is 18.3. The molecule has 0 radical (unpaired) electrons. The minimum Gasteiger partial charge on any atom is -0.484 e. The highest BCUT2D eigenvalue weighted by molar-refractivity contribution is 6.04. The molecule has 1 aliphatic rings. The third-order valence-corrected chi connectivity index (χ3v) is 5.59. The molecule has 2 heterocycles. The summed E-state index contributed by atoms with van der Waals surface area (Å²) in [5.74, 6) is 1.30. The van der Waals surface area contributed by atoms with Gasteiger partial charge in [0.1, 0.15) is 5.75 Å². The Morgan fingerprint density at radius 1 is 1.09 bits per heavy atom. The SMILES string of the molecule is Cc1ccccc1-c1nnc(COc2ccc(NC(=O)c3n[nH]c4c3CCCC4)cc2)o1. The molecule has 0 spiro atoms. The number of rotatable bonds is 6. The molecule has 0 saturated carbocycles. The lowest BCUT2D eigenvalue weighted by molar-refractivity contribution is 0.102. The Labute approximate surface area is 185 Å². The lowest BCUT2D eigenvalue weighted by atomic mass is 9.96. The van der Waals surface area contributed by atoms with Crippen molar-refractivity contribution >= 4 is 11.6 Å². The maximum Gasteiger partial charge on any atom is 0.276 e. The van der Waals surface area contributed by atoms with Gasteiger partial charge in [0.05, 0.1) is 0 Å². The molecule has 162 valence electrons. The van der Waals surface area contributed by atoms with Crippen LogP contribution in [-0.2, 0) is 19.4 Å². The van der Waals surface area contributed by atoms with Gasteiger partial charge in [0.2, 0.25) is 5.89 Å². The number of ether oxygens (including phenoxy) is 1. The van der Waals surface area contributed by atoms with Crippen LogP contribution in [0.15, 0.2) is 52.9 Å². The van der Waals surface area contributed by atoms with Gasteiger partial charge in [0, 0.05) is 22.5 Å². The van der Waals surface area contributed by atoms with E-state index in [1.54, 1.807) is 24.3 Å². The number of hydrogen-bond donors (Lipinski definition) is 2. The Morgan fingerprint density at radius 3 is 2.75 bits per heavy atom. The van der Waals surface area contributed by atoms with Gasteiger partial charge in [-0.05, 0) is 68.5 Å². The number of hydrogen-bond acceptors (Lipinski definition) is 6. The fourth-order valence-electron chi connectivity index (χ4n) is 3.87. The van der Waals surface area contributed by atoms with Gasteiger partial charge in [-0.1, -0.05) is 18.2 Å². The van der Waals surface area contributed by atoms with Crippen LogP contribution in [0.4, 0.5) is 5.69 Å². The summed E-state index contributed by atoms with van der Waals surface area (Å²) in [6, 6.07) is 15.0. The van der Waals surface area contributed by atoms with Gasteiger partial charge in [-0.2, -0.15) is 5.10 Å². The number of aromatic nitrogens is 4. The van der Waals surface area contributed by atoms with Gasteiger partial charge in [0.25, 0.3) is 11.8 Å². The van der Waals surface area contributed by atoms with Crippen LogP contribution in [-0.4, -0.2) is 26.3 Å². The maximum absolute atomic E-state index is 12.6. The number of nitrogens with zero attached hydrogens (tertiary/aromatic N) is 3. The largest absolute Gasteiger partial charge is 0.484 e. The average molecular weight is 429 g/mol. The second-order valence-electron chi connectivity index (χ2n) is 7.82. The number of carbonyl (C=O) groups is 1. The second-order valence-corrected chi connectivity index (χ2v) is 7.82. The lowest BCUT2D eigenvalue weighted by Crippen LogP contribution is -2.15. The number of anilines is 1. The summed E-state index contributed by atoms with van der Waals surface area (Å²) < 4.78 is 11.5. The molecular weight excluding hydrogens is 406 g/mol. The molecule has 32 heavy (non-hydrogen) atoms. The number of aryl methyl sites for hydroxylation is 2. The summed E-state index contributed by atoms with van der Waals surface area (Å²) in [4.78, 5) is 12.6. The zero-order valence-corrected chi connectivity index (χ0v) is 17.7. The number of H-pyrrole nitrogens is 1. The topological polar surface area (TPSA) is 106 Å². The minimum atomic E-state index is -0.201. The number of benzene rings is 2. The number of amides is 1. The summed E-state index contributed by atoms with van der Waals surface area (Å²) in [5.41, 5.74) is 5.26. The molecule has 0 saturated heterocycles. The van der Waals surface area contributed by atoms with Gasteiger partial charge < -0.3 is 14.5 Å². The molecule has 4 aromatic rings. The maximum atomic E-state index is 12.6. The van der Waals surface area contributed by atoms with Crippen molar-refractivity contribution in [2.45, 2.75) is 39.2 Å². The van der Waals surface area contributed by atoms with Crippen molar-refractivity contribution in [3.05, 3.63) is 76.9 Å². The highest BCUT2D eigenvalue weighted by Crippen LogP contribution is 2.24. The predicted octanol–water partition coefficient (Wildman–Crippen LogP) is 4.48. The van der Waals surface area contributed by atoms with Crippen molar-refractivity contribution < 1.29 is 13.9 Å². The summed E-state index contributed by atoms with van der Waals surface area (Å²) in [6.45, 7) is 2.15. The van der Waals surface area contributed by atoms with Gasteiger partial charge in [-0.3, -0.25) is 9.89 Å². The van der Waals surface area contributed by atoms with Crippen molar-refractivity contribution in [3.8, 4) is 17.2 Å². The lowest BCUT2D eigenvalue weighted by Gasteiger charge is -2.11. The van der Waals surface area contributed by atoms with E-state index in [0.717, 1.165) is 48.1 Å². The zero-order valence-electron chi connectivity index (χ0n) is 17.7. The molecule has 1 amide bonds. The smallest absolute Gasteiger partial charge is 0.276 e. The van der Waals surface area contributed by atoms with E-state index in [9.17, 15) is 4.79 Å². The fourth-order valence-corrected chi connectivity index (χ4v) is 3.87. The molecular formula is C24H23N5O3. The zero-order chi connectivity index (χ0) is 21.9. The van der Waals surface area contributed by atoms with Crippen LogP contribution < -0.4 is 10.1 Å². The molecule has 1 aliphatic carbocycles. The highest BCUT2D eigenvalue weighted by atomic mass is 16.5. The van der Waals surface area contributed by atoms with Crippen LogP contribution in [0, 0.1) is 6.92 Å². The van der Waals surface area contributed by atoms with Crippen molar-refractivity contribution in [1.82, 2.24) is 20.4 Å². The van der Waals surface area contributed by atoms with E-state index < -0.39 is 0 Å². The number of carbonyl (C=O) groups excluding carboxylic acids is 1. The molecule has 8 heteroatoms. The van der Waals surface area contributed by atoms with Gasteiger partial charge in [-0.25, -0.2) is 0 Å². The van der Waals surface area contributed by atoms with E-state index in [4.69, 9.17) is 9.15 Å². The standard InChI is InChI=1S/C24H23N5O3/c1-15-6-2-3-7-18(15)24-29-27-21(32-24)14-31-17-12-10-16(11-13-17)25-23(30)22-19-8-4-5-9-20(19)26-28-22/h2-3,6-7,10-13H,4-5,8-9,14H2,1H3,(H,25,30)(H,26,28). The predicted molar refractivity (Wildman–Crippen MR) is 118 cm³/mol. The summed E-state index contributed by atoms with van der Waals surface area (Å²) in [6.07, 6.45) is 4.07. The molecule has 0 unspecified atom stereocenters. The Morgan fingerprint density at radius 2 is 1.91 bits per heavy atom. The van der Waals surface area contributed by atoms with Crippen LogP contribution in [0.1, 0.15) is 46.0 Å². The van der Waals surface area contributed by atoms with Crippen LogP contribution in [0.3, 0.4) is 0 Å². The monoisotopic (exact) mass is 429 g/mol. The van der Waals surface area contributed by atoms with Crippen molar-refractivity contribution in [2.75, 3.05) is 5.32 Å². The Hall–Kier alpha value is -3.94. The van der Waals surface area contributed by atoms with E-state index in [1.807, 2.05) is 31.2 Å². The fraction of sp³-hybridized carbons (Fsp3) is 0.250. The molecule has 2 aromatic heterocycles. The molecule has 2 aromatic carbocycles. The third kappa shape index (κ3) is 4.12. The first kappa shape index (κ1) is 20.0. The van der Waals surface area contributed by atoms with Crippen molar-refractivity contribution in [1.29, 1.82) is 0 Å². The molecule has 2 N–H and O–H groups in total. The van der Waals surface area contributed by atoms with Crippen LogP contribution >= 0.6 is 0 Å². The van der Waals surface area contributed by atoms with E-state index in [2.05, 4.69) is 25.7 Å². The molecule has 8 nitrogen and oxygen atoms in total. The molecule has 5 rings (SSSR count). The second kappa shape index (κ2) is 8.66. The van der Waals surface area contributed by atoms with Gasteiger partial charge in [0.15, 0.2) is 12.3 Å². The van der Waals surface area contributed by atoms with E-state index >= 15 is 0 Å². The minimum absolute atomic E-state index is 0.157. The molecule has 0 fully saturated rings. The number of nitrogens with one attached hydrogen (secondary N) is 2. The number of aromatic amines is 1. The highest BCUT2D eigenvalue weighted by Gasteiger charge is 2.21. The van der Waals surface area contributed by atoms with Crippen molar-refractivity contribution in [2.24, 2.45) is 0 Å². The van der Waals surface area contributed by atoms with E-state index in [-0.39, 0.29) is 12.5 Å². The van der Waals surface area contributed by atoms with Gasteiger partial charge >= 0.3 is 0 Å². The Kier molecular flexibility index (Phi) is 5.41. The Bertz CT molecular complexity index is 1240. The first-order valence-corrected chi connectivity index (χ1v) is 10.7. The van der Waals surface area contributed by atoms with Crippen molar-refractivity contribution in [3.63, 3.8) is 0 Å². The quantitative estimate of drug-likeness (QED) is 0.468. The molecule has 0 aliphatic heterocycles. The molecule has 0 bridgehead atoms. The van der Waals surface area contributed by atoms with Crippen LogP contribution in [0.2, 0.25) is 0 Å². The first-order valence-electron chi connectivity index (χ1n) is 10.7. The van der Waals surface area contributed by atoms with E-state index in [0.29, 0.717) is 28.9 Å². The summed E-state index contributed by atoms with van der Waals surface area (Å²) >= 11 is 0. The summed E-state index contributed by atoms with van der Waals surface area (Å²) in [7, 11) is 0. The average Bonchev–Trinajstić information content (AvgIpc) is 3.46. The van der Waals surface area contributed by atoms with Crippen LogP contribution in [0.25, 0.3) is 11.5 Å². The first-order chi connectivity index (χ1) is 15.7. The normalized spacial score (nSPS) is 12.9. The van der Waals surface area contributed by atoms with Gasteiger partial charge in [-0.15, -0.1) is 10.2 Å². The Balaban J connectivity index is 1.19. The number of fused-ring (bicyclic) bond motifs is 1. The molecule has 0 atom stereocenters. The van der Waals surface area contributed by atoms with E-state index in [1.165, 1.54) is 0 Å². The third-order valence-electron chi connectivity index (χ3n) is 5.59.